The Morgan fingerprint density at radius 3 is 2.40 bits per heavy atom. The van der Waals surface area contributed by atoms with Crippen LogP contribution in [0.3, 0.4) is 0 Å². The maximum Gasteiger partial charge on any atom is 0.317 e. The third-order valence-electron chi connectivity index (χ3n) is 4.09. The molecule has 1 rings (SSSR count). The molecule has 0 unspecified atom stereocenters. The van der Waals surface area contributed by atoms with Crippen LogP contribution >= 0.6 is 0 Å². The van der Waals surface area contributed by atoms with Crippen molar-refractivity contribution in [3.63, 3.8) is 0 Å². The first-order chi connectivity index (χ1) is 9.53. The molecule has 20 heavy (non-hydrogen) atoms. The minimum atomic E-state index is -0.783. The number of carboxylic acid groups (broad SMARTS) is 1. The third-order valence-corrected chi connectivity index (χ3v) is 4.09. The van der Waals surface area contributed by atoms with Gasteiger partial charge in [0.1, 0.15) is 0 Å². The van der Waals surface area contributed by atoms with Crippen LogP contribution in [-0.4, -0.2) is 52.3 Å². The first kappa shape index (κ1) is 16.8. The number of amides is 2. The zero-order valence-electron chi connectivity index (χ0n) is 12.3. The van der Waals surface area contributed by atoms with E-state index in [4.69, 9.17) is 10.2 Å². The number of aliphatic hydroxyl groups excluding tert-OH is 1. The molecule has 1 aliphatic rings. The molecular formula is C14H26N2O4. The van der Waals surface area contributed by atoms with Crippen molar-refractivity contribution in [2.24, 2.45) is 5.92 Å². The Balaban J connectivity index is 2.56. The van der Waals surface area contributed by atoms with Gasteiger partial charge in [-0.05, 0) is 32.1 Å². The number of hydrogen-bond donors (Lipinski definition) is 3. The highest BCUT2D eigenvalue weighted by Crippen LogP contribution is 2.26. The molecule has 0 aromatic heterocycles. The van der Waals surface area contributed by atoms with Crippen LogP contribution in [-0.2, 0) is 4.79 Å². The molecular weight excluding hydrogens is 260 g/mol. The average molecular weight is 286 g/mol. The summed E-state index contributed by atoms with van der Waals surface area (Å²) in [5.74, 6) is -1.13. The van der Waals surface area contributed by atoms with Crippen molar-refractivity contribution in [3.8, 4) is 0 Å². The van der Waals surface area contributed by atoms with Crippen molar-refractivity contribution in [1.82, 2.24) is 10.2 Å². The van der Waals surface area contributed by atoms with Gasteiger partial charge in [-0.1, -0.05) is 13.8 Å². The molecule has 0 spiro atoms. The van der Waals surface area contributed by atoms with Gasteiger partial charge in [-0.15, -0.1) is 0 Å². The molecule has 0 radical (unpaired) electrons. The summed E-state index contributed by atoms with van der Waals surface area (Å²) in [4.78, 5) is 24.9. The number of carboxylic acids is 1. The standard InChI is InChI=1S/C14H26N2O4/c1-3-12(4-2)16(7-8-17)14(20)15-11-6-5-10(9-11)13(18)19/h10-12,17H,3-9H2,1-2H3,(H,15,20)(H,18,19)/t10-,11+/m1/s1. The van der Waals surface area contributed by atoms with E-state index >= 15 is 0 Å². The normalized spacial score (nSPS) is 22.0. The predicted octanol–water partition coefficient (Wildman–Crippen LogP) is 1.43. The Morgan fingerprint density at radius 1 is 1.30 bits per heavy atom. The van der Waals surface area contributed by atoms with Crippen LogP contribution < -0.4 is 5.32 Å². The van der Waals surface area contributed by atoms with Gasteiger partial charge < -0.3 is 20.4 Å². The van der Waals surface area contributed by atoms with Gasteiger partial charge in [0.2, 0.25) is 0 Å². The molecule has 6 heteroatoms. The predicted molar refractivity (Wildman–Crippen MR) is 75.5 cm³/mol. The molecule has 0 bridgehead atoms. The molecule has 0 aromatic rings. The number of aliphatic carboxylic acids is 1. The Hall–Kier alpha value is -1.30. The number of rotatable bonds is 7. The number of aliphatic hydroxyl groups is 1. The smallest absolute Gasteiger partial charge is 0.317 e. The van der Waals surface area contributed by atoms with E-state index in [1.165, 1.54) is 0 Å². The first-order valence-corrected chi connectivity index (χ1v) is 7.44. The van der Waals surface area contributed by atoms with Crippen molar-refractivity contribution in [3.05, 3.63) is 0 Å². The summed E-state index contributed by atoms with van der Waals surface area (Å²) in [6.07, 6.45) is 3.50. The number of nitrogens with one attached hydrogen (secondary N) is 1. The van der Waals surface area contributed by atoms with E-state index in [-0.39, 0.29) is 30.6 Å². The lowest BCUT2D eigenvalue weighted by Crippen LogP contribution is -2.49. The number of urea groups is 1. The van der Waals surface area contributed by atoms with Crippen LogP contribution in [0.1, 0.15) is 46.0 Å². The zero-order chi connectivity index (χ0) is 15.1. The summed E-state index contributed by atoms with van der Waals surface area (Å²) in [6.45, 7) is 4.28. The Morgan fingerprint density at radius 2 is 1.95 bits per heavy atom. The van der Waals surface area contributed by atoms with Gasteiger partial charge in [-0.3, -0.25) is 4.79 Å². The molecule has 116 valence electrons. The van der Waals surface area contributed by atoms with Gasteiger partial charge in [0.05, 0.1) is 12.5 Å². The Bertz CT molecular complexity index is 331. The van der Waals surface area contributed by atoms with Crippen molar-refractivity contribution in [2.45, 2.75) is 58.0 Å². The SMILES string of the molecule is CCC(CC)N(CCO)C(=O)N[C@H]1CC[C@@H](C(=O)O)C1. The van der Waals surface area contributed by atoms with Crippen molar-refractivity contribution < 1.29 is 19.8 Å². The van der Waals surface area contributed by atoms with E-state index in [9.17, 15) is 9.59 Å². The van der Waals surface area contributed by atoms with Gasteiger partial charge in [0.25, 0.3) is 0 Å². The van der Waals surface area contributed by atoms with Gasteiger partial charge in [0.15, 0.2) is 0 Å². The molecule has 0 saturated heterocycles. The maximum absolute atomic E-state index is 12.3. The van der Waals surface area contributed by atoms with E-state index in [1.807, 2.05) is 13.8 Å². The largest absolute Gasteiger partial charge is 0.481 e. The molecule has 0 aromatic carbocycles. The second-order valence-corrected chi connectivity index (χ2v) is 5.38. The summed E-state index contributed by atoms with van der Waals surface area (Å²) in [5.41, 5.74) is 0. The molecule has 0 heterocycles. The van der Waals surface area contributed by atoms with Crippen LogP contribution in [0.4, 0.5) is 4.79 Å². The van der Waals surface area contributed by atoms with Crippen LogP contribution in [0.15, 0.2) is 0 Å². The highest BCUT2D eigenvalue weighted by molar-refractivity contribution is 5.75. The summed E-state index contributed by atoms with van der Waals surface area (Å²) >= 11 is 0. The van der Waals surface area contributed by atoms with Gasteiger partial charge in [-0.25, -0.2) is 4.79 Å². The monoisotopic (exact) mass is 286 g/mol. The second-order valence-electron chi connectivity index (χ2n) is 5.38. The maximum atomic E-state index is 12.3. The molecule has 1 aliphatic carbocycles. The molecule has 3 N–H and O–H groups in total. The van der Waals surface area contributed by atoms with Crippen molar-refractivity contribution in [1.29, 1.82) is 0 Å². The fourth-order valence-corrected chi connectivity index (χ4v) is 2.88. The molecule has 2 atom stereocenters. The summed E-state index contributed by atoms with van der Waals surface area (Å²) in [6, 6.07) is -0.151. The lowest BCUT2D eigenvalue weighted by Gasteiger charge is -2.31. The van der Waals surface area contributed by atoms with E-state index in [0.29, 0.717) is 25.8 Å². The lowest BCUT2D eigenvalue weighted by atomic mass is 10.1. The molecule has 1 fully saturated rings. The van der Waals surface area contributed by atoms with Crippen molar-refractivity contribution >= 4 is 12.0 Å². The number of nitrogens with zero attached hydrogens (tertiary/aromatic N) is 1. The van der Waals surface area contributed by atoms with Gasteiger partial charge in [0, 0.05) is 18.6 Å². The molecule has 1 saturated carbocycles. The van der Waals surface area contributed by atoms with Crippen LogP contribution in [0.25, 0.3) is 0 Å². The van der Waals surface area contributed by atoms with E-state index in [0.717, 1.165) is 12.8 Å². The molecule has 6 nitrogen and oxygen atoms in total. The van der Waals surface area contributed by atoms with E-state index < -0.39 is 5.97 Å². The summed E-state index contributed by atoms with van der Waals surface area (Å²) < 4.78 is 0. The summed E-state index contributed by atoms with van der Waals surface area (Å²) in [7, 11) is 0. The lowest BCUT2D eigenvalue weighted by molar-refractivity contribution is -0.141. The average Bonchev–Trinajstić information content (AvgIpc) is 2.87. The number of hydrogen-bond acceptors (Lipinski definition) is 3. The highest BCUT2D eigenvalue weighted by Gasteiger charge is 2.32. The first-order valence-electron chi connectivity index (χ1n) is 7.44. The minimum Gasteiger partial charge on any atom is -0.481 e. The fourth-order valence-electron chi connectivity index (χ4n) is 2.88. The topological polar surface area (TPSA) is 89.9 Å². The summed E-state index contributed by atoms with van der Waals surface area (Å²) in [5, 5.41) is 21.0. The van der Waals surface area contributed by atoms with Crippen molar-refractivity contribution in [2.75, 3.05) is 13.2 Å². The van der Waals surface area contributed by atoms with Crippen LogP contribution in [0.5, 0.6) is 0 Å². The van der Waals surface area contributed by atoms with Gasteiger partial charge in [-0.2, -0.15) is 0 Å². The van der Waals surface area contributed by atoms with Gasteiger partial charge >= 0.3 is 12.0 Å². The molecule has 2 amide bonds. The minimum absolute atomic E-state index is 0.0632. The zero-order valence-corrected chi connectivity index (χ0v) is 12.3. The molecule has 0 aliphatic heterocycles. The highest BCUT2D eigenvalue weighted by atomic mass is 16.4. The van der Waals surface area contributed by atoms with Crippen LogP contribution in [0, 0.1) is 5.92 Å². The fraction of sp³-hybridized carbons (Fsp3) is 0.857. The van der Waals surface area contributed by atoms with Crippen LogP contribution in [0.2, 0.25) is 0 Å². The van der Waals surface area contributed by atoms with E-state index in [1.54, 1.807) is 4.90 Å². The third kappa shape index (κ3) is 4.37. The quantitative estimate of drug-likeness (QED) is 0.660. The number of carbonyl (C=O) groups is 2. The van der Waals surface area contributed by atoms with E-state index in [2.05, 4.69) is 5.32 Å². The second kappa shape index (κ2) is 8.09. The Labute approximate surface area is 120 Å². The Kier molecular flexibility index (Phi) is 6.78. The number of carbonyl (C=O) groups excluding carboxylic acids is 1.